The van der Waals surface area contributed by atoms with Crippen molar-refractivity contribution in [1.29, 1.82) is 0 Å². The molecule has 4 nitrogen and oxygen atoms in total. The van der Waals surface area contributed by atoms with E-state index >= 15 is 0 Å². The van der Waals surface area contributed by atoms with Gasteiger partial charge >= 0.3 is 0 Å². The van der Waals surface area contributed by atoms with E-state index in [0.29, 0.717) is 12.5 Å². The highest BCUT2D eigenvalue weighted by Gasteiger charge is 2.18. The molecule has 0 saturated carbocycles. The summed E-state index contributed by atoms with van der Waals surface area (Å²) in [6.07, 6.45) is 1.14. The summed E-state index contributed by atoms with van der Waals surface area (Å²) in [5, 5.41) is 9.73. The molecule has 2 heterocycles. The van der Waals surface area contributed by atoms with Crippen molar-refractivity contribution in [3.63, 3.8) is 0 Å². The predicted octanol–water partition coefficient (Wildman–Crippen LogP) is 1.56. The summed E-state index contributed by atoms with van der Waals surface area (Å²) in [7, 11) is 2.06. The minimum Gasteiger partial charge on any atom is -0.506 e. The van der Waals surface area contributed by atoms with Crippen LogP contribution >= 0.6 is 0 Å². The van der Waals surface area contributed by atoms with Crippen LogP contribution in [0.3, 0.4) is 0 Å². The Kier molecular flexibility index (Phi) is 3.97. The lowest BCUT2D eigenvalue weighted by Gasteiger charge is -2.20. The molecule has 94 valence electrons. The fourth-order valence-corrected chi connectivity index (χ4v) is 2.21. The molecule has 4 heteroatoms. The van der Waals surface area contributed by atoms with Crippen molar-refractivity contribution in [2.75, 3.05) is 26.8 Å². The largest absolute Gasteiger partial charge is 0.506 e. The molecule has 0 bridgehead atoms. The number of pyridine rings is 1. The van der Waals surface area contributed by atoms with Crippen LogP contribution in [-0.2, 0) is 11.3 Å². The zero-order valence-electron chi connectivity index (χ0n) is 10.5. The molecular weight excluding hydrogens is 216 g/mol. The van der Waals surface area contributed by atoms with Crippen molar-refractivity contribution in [3.8, 4) is 5.75 Å². The second kappa shape index (κ2) is 5.47. The first-order valence-electron chi connectivity index (χ1n) is 6.07. The lowest BCUT2D eigenvalue weighted by Crippen LogP contribution is -2.26. The highest BCUT2D eigenvalue weighted by atomic mass is 16.5. The molecule has 0 aromatic carbocycles. The quantitative estimate of drug-likeness (QED) is 0.862. The van der Waals surface area contributed by atoms with Crippen LogP contribution in [0.4, 0.5) is 0 Å². The standard InChI is InChI=1S/C13H20N2O2/c1-10-3-4-13(16)12(14-10)8-15(2)7-11-5-6-17-9-11/h3-4,11,16H,5-9H2,1-2H3/t11-/m1/s1. The van der Waals surface area contributed by atoms with Gasteiger partial charge < -0.3 is 14.7 Å². The van der Waals surface area contributed by atoms with Gasteiger partial charge in [0.2, 0.25) is 0 Å². The summed E-state index contributed by atoms with van der Waals surface area (Å²) in [5.74, 6) is 0.900. The normalized spacial score (nSPS) is 20.1. The SMILES string of the molecule is Cc1ccc(O)c(CN(C)C[C@H]2CCOC2)n1. The summed E-state index contributed by atoms with van der Waals surface area (Å²) in [4.78, 5) is 6.56. The minimum absolute atomic E-state index is 0.283. The summed E-state index contributed by atoms with van der Waals surface area (Å²) in [6.45, 7) is 5.36. The Morgan fingerprint density at radius 2 is 2.35 bits per heavy atom. The van der Waals surface area contributed by atoms with Crippen LogP contribution in [0.25, 0.3) is 0 Å². The van der Waals surface area contributed by atoms with E-state index in [4.69, 9.17) is 4.74 Å². The Labute approximate surface area is 102 Å². The molecule has 1 N–H and O–H groups in total. The monoisotopic (exact) mass is 236 g/mol. The zero-order valence-corrected chi connectivity index (χ0v) is 10.5. The van der Waals surface area contributed by atoms with Crippen molar-refractivity contribution in [1.82, 2.24) is 9.88 Å². The van der Waals surface area contributed by atoms with Gasteiger partial charge in [0.05, 0.1) is 12.3 Å². The Hall–Kier alpha value is -1.13. The molecule has 2 rings (SSSR count). The number of aromatic hydroxyl groups is 1. The fraction of sp³-hybridized carbons (Fsp3) is 0.615. The van der Waals surface area contributed by atoms with E-state index in [9.17, 15) is 5.11 Å². The molecule has 1 fully saturated rings. The first-order chi connectivity index (χ1) is 8.15. The van der Waals surface area contributed by atoms with Crippen LogP contribution in [0.1, 0.15) is 17.8 Å². The van der Waals surface area contributed by atoms with Gasteiger partial charge in [0, 0.05) is 25.4 Å². The molecule has 0 unspecified atom stereocenters. The van der Waals surface area contributed by atoms with Crippen molar-refractivity contribution < 1.29 is 9.84 Å². The molecule has 0 amide bonds. The van der Waals surface area contributed by atoms with E-state index < -0.39 is 0 Å². The summed E-state index contributed by atoms with van der Waals surface area (Å²) >= 11 is 0. The van der Waals surface area contributed by atoms with Gasteiger partial charge in [-0.3, -0.25) is 4.98 Å². The second-order valence-electron chi connectivity index (χ2n) is 4.84. The molecule has 1 saturated heterocycles. The smallest absolute Gasteiger partial charge is 0.138 e. The Morgan fingerprint density at radius 3 is 3.06 bits per heavy atom. The first kappa shape index (κ1) is 12.3. The van der Waals surface area contributed by atoms with Gasteiger partial charge in [0.15, 0.2) is 0 Å². The van der Waals surface area contributed by atoms with Gasteiger partial charge in [0.25, 0.3) is 0 Å². The van der Waals surface area contributed by atoms with Crippen molar-refractivity contribution in [2.45, 2.75) is 19.9 Å². The van der Waals surface area contributed by atoms with Gasteiger partial charge in [-0.25, -0.2) is 0 Å². The fourth-order valence-electron chi connectivity index (χ4n) is 2.21. The van der Waals surface area contributed by atoms with E-state index in [1.54, 1.807) is 6.07 Å². The van der Waals surface area contributed by atoms with Crippen molar-refractivity contribution in [3.05, 3.63) is 23.5 Å². The second-order valence-corrected chi connectivity index (χ2v) is 4.84. The van der Waals surface area contributed by atoms with E-state index in [-0.39, 0.29) is 5.75 Å². The number of ether oxygens (including phenoxy) is 1. The zero-order chi connectivity index (χ0) is 12.3. The van der Waals surface area contributed by atoms with E-state index in [2.05, 4.69) is 16.9 Å². The van der Waals surface area contributed by atoms with Gasteiger partial charge in [-0.05, 0) is 38.4 Å². The molecule has 1 aliphatic rings. The van der Waals surface area contributed by atoms with Crippen LogP contribution in [0.5, 0.6) is 5.75 Å². The topological polar surface area (TPSA) is 45.6 Å². The highest BCUT2D eigenvalue weighted by Crippen LogP contribution is 2.18. The molecule has 1 aliphatic heterocycles. The number of rotatable bonds is 4. The average molecular weight is 236 g/mol. The average Bonchev–Trinajstić information content (AvgIpc) is 2.76. The summed E-state index contributed by atoms with van der Waals surface area (Å²) in [5.41, 5.74) is 1.70. The molecule has 0 aliphatic carbocycles. The third-order valence-electron chi connectivity index (χ3n) is 3.10. The van der Waals surface area contributed by atoms with Crippen molar-refractivity contribution >= 4 is 0 Å². The molecule has 17 heavy (non-hydrogen) atoms. The van der Waals surface area contributed by atoms with Crippen molar-refractivity contribution in [2.24, 2.45) is 5.92 Å². The predicted molar refractivity (Wildman–Crippen MR) is 65.9 cm³/mol. The molecular formula is C13H20N2O2. The Bertz CT molecular complexity index is 376. The lowest BCUT2D eigenvalue weighted by atomic mass is 10.1. The molecule has 0 spiro atoms. The number of hydrogen-bond acceptors (Lipinski definition) is 4. The van der Waals surface area contributed by atoms with Gasteiger partial charge in [-0.15, -0.1) is 0 Å². The number of nitrogens with zero attached hydrogens (tertiary/aromatic N) is 2. The van der Waals surface area contributed by atoms with Crippen LogP contribution in [0.15, 0.2) is 12.1 Å². The molecule has 0 radical (unpaired) electrons. The van der Waals surface area contributed by atoms with Gasteiger partial charge in [-0.1, -0.05) is 0 Å². The maximum atomic E-state index is 9.73. The van der Waals surface area contributed by atoms with E-state index in [0.717, 1.165) is 37.6 Å². The minimum atomic E-state index is 0.283. The lowest BCUT2D eigenvalue weighted by molar-refractivity contribution is 0.172. The third-order valence-corrected chi connectivity index (χ3v) is 3.10. The van der Waals surface area contributed by atoms with Gasteiger partial charge in [0.1, 0.15) is 5.75 Å². The maximum Gasteiger partial charge on any atom is 0.138 e. The third kappa shape index (κ3) is 3.41. The molecule has 1 aromatic heterocycles. The Morgan fingerprint density at radius 1 is 1.53 bits per heavy atom. The van der Waals surface area contributed by atoms with Crippen LogP contribution < -0.4 is 0 Å². The summed E-state index contributed by atoms with van der Waals surface area (Å²) < 4.78 is 5.36. The van der Waals surface area contributed by atoms with E-state index in [1.807, 2.05) is 13.0 Å². The molecule has 1 aromatic rings. The van der Waals surface area contributed by atoms with Crippen LogP contribution in [0.2, 0.25) is 0 Å². The van der Waals surface area contributed by atoms with E-state index in [1.165, 1.54) is 0 Å². The maximum absolute atomic E-state index is 9.73. The number of aryl methyl sites for hydroxylation is 1. The molecule has 1 atom stereocenters. The number of hydrogen-bond donors (Lipinski definition) is 1. The van der Waals surface area contributed by atoms with Gasteiger partial charge in [-0.2, -0.15) is 0 Å². The highest BCUT2D eigenvalue weighted by molar-refractivity contribution is 5.27. The van der Waals surface area contributed by atoms with Crippen LogP contribution in [-0.4, -0.2) is 41.8 Å². The first-order valence-corrected chi connectivity index (χ1v) is 6.07. The van der Waals surface area contributed by atoms with Crippen LogP contribution in [0, 0.1) is 12.8 Å². The Balaban J connectivity index is 1.92. The summed E-state index contributed by atoms with van der Waals surface area (Å²) in [6, 6.07) is 3.54. The number of aromatic nitrogens is 1.